The number of hydrogen-bond acceptors (Lipinski definition) is 7. The predicted molar refractivity (Wildman–Crippen MR) is 114 cm³/mol. The number of nitrogens with one attached hydrogen (secondary N) is 2. The highest BCUT2D eigenvalue weighted by molar-refractivity contribution is 5.98. The molecule has 0 saturated carbocycles. The summed E-state index contributed by atoms with van der Waals surface area (Å²) in [6.45, 7) is 5.10. The van der Waals surface area contributed by atoms with Crippen LogP contribution in [0.5, 0.6) is 0 Å². The third kappa shape index (κ3) is 6.48. The number of aliphatic hydroxyl groups excluding tert-OH is 2. The molecule has 0 saturated heterocycles. The van der Waals surface area contributed by atoms with E-state index < -0.39 is 34.6 Å². The lowest BCUT2D eigenvalue weighted by molar-refractivity contribution is -0.0189. The second-order valence-corrected chi connectivity index (χ2v) is 6.45. The van der Waals surface area contributed by atoms with E-state index in [1.807, 2.05) is 19.3 Å². The van der Waals surface area contributed by atoms with Gasteiger partial charge in [-0.15, -0.1) is 0 Å². The molecule has 0 spiro atoms. The van der Waals surface area contributed by atoms with Crippen LogP contribution >= 0.6 is 0 Å². The summed E-state index contributed by atoms with van der Waals surface area (Å²) in [6, 6.07) is 4.29. The summed E-state index contributed by atoms with van der Waals surface area (Å²) < 4.78 is 16.0. The summed E-state index contributed by atoms with van der Waals surface area (Å²) in [6.07, 6.45) is -0.987. The van der Waals surface area contributed by atoms with E-state index in [0.29, 0.717) is 5.56 Å². The second kappa shape index (κ2) is 12.0. The summed E-state index contributed by atoms with van der Waals surface area (Å²) in [7, 11) is 2.52. The zero-order chi connectivity index (χ0) is 23.7. The smallest absolute Gasteiger partial charge is 0.332 e. The van der Waals surface area contributed by atoms with Crippen molar-refractivity contribution in [3.8, 4) is 0 Å². The lowest BCUT2D eigenvalue weighted by atomic mass is 10.2. The molecule has 172 valence electrons. The van der Waals surface area contributed by atoms with Gasteiger partial charge in [-0.1, -0.05) is 19.9 Å². The maximum atomic E-state index is 14.2. The molecule has 2 rings (SSSR count). The molecular formula is C20H29FN4O6. The molecule has 0 bridgehead atoms. The van der Waals surface area contributed by atoms with Crippen molar-refractivity contribution in [1.29, 1.82) is 0 Å². The van der Waals surface area contributed by atoms with Crippen molar-refractivity contribution in [3.63, 3.8) is 0 Å². The van der Waals surface area contributed by atoms with E-state index in [0.717, 1.165) is 9.13 Å². The third-order valence-electron chi connectivity index (χ3n) is 4.17. The van der Waals surface area contributed by atoms with Crippen LogP contribution < -0.4 is 22.0 Å². The van der Waals surface area contributed by atoms with Gasteiger partial charge in [-0.05, 0) is 31.0 Å². The van der Waals surface area contributed by atoms with Gasteiger partial charge in [-0.2, -0.15) is 0 Å². The minimum atomic E-state index is -1.03. The summed E-state index contributed by atoms with van der Waals surface area (Å²) in [5.41, 5.74) is 0.522. The topological polar surface area (TPSA) is 135 Å². The van der Waals surface area contributed by atoms with E-state index in [4.69, 9.17) is 9.94 Å². The van der Waals surface area contributed by atoms with Crippen LogP contribution in [-0.2, 0) is 18.9 Å². The quantitative estimate of drug-likeness (QED) is 0.444. The van der Waals surface area contributed by atoms with E-state index >= 15 is 0 Å². The SMILES string of the molecule is CC.Cc1ccc(Nc2c(C(=O)NOC[C@H](O)CCO)c(=O)n(C)c(=O)n2C)c(F)c1. The highest BCUT2D eigenvalue weighted by atomic mass is 19.1. The van der Waals surface area contributed by atoms with Crippen molar-refractivity contribution < 1.29 is 24.2 Å². The van der Waals surface area contributed by atoms with E-state index in [1.165, 1.54) is 26.2 Å². The number of rotatable bonds is 8. The molecule has 0 unspecified atom stereocenters. The molecule has 1 aromatic heterocycles. The fourth-order valence-corrected chi connectivity index (χ4v) is 2.53. The summed E-state index contributed by atoms with van der Waals surface area (Å²) in [5.74, 6) is -1.85. The minimum Gasteiger partial charge on any atom is -0.396 e. The summed E-state index contributed by atoms with van der Waals surface area (Å²) in [4.78, 5) is 42.2. The summed E-state index contributed by atoms with van der Waals surface area (Å²) in [5, 5.41) is 20.9. The maximum absolute atomic E-state index is 14.2. The van der Waals surface area contributed by atoms with E-state index in [-0.39, 0.29) is 31.1 Å². The first-order valence-corrected chi connectivity index (χ1v) is 9.71. The van der Waals surface area contributed by atoms with Crippen LogP contribution in [0.4, 0.5) is 15.9 Å². The Balaban J connectivity index is 0.00000233. The second-order valence-electron chi connectivity index (χ2n) is 6.45. The number of amides is 1. The number of halogens is 1. The van der Waals surface area contributed by atoms with Crippen molar-refractivity contribution in [2.75, 3.05) is 18.5 Å². The largest absolute Gasteiger partial charge is 0.396 e. The Hall–Kier alpha value is -3.02. The molecule has 1 amide bonds. The molecule has 4 N–H and O–H groups in total. The fraction of sp³-hybridized carbons (Fsp3) is 0.450. The van der Waals surface area contributed by atoms with Crippen LogP contribution in [0.2, 0.25) is 0 Å². The monoisotopic (exact) mass is 440 g/mol. The number of aryl methyl sites for hydroxylation is 1. The predicted octanol–water partition coefficient (Wildman–Crippen LogP) is 0.706. The Bertz CT molecular complexity index is 1020. The number of hydroxylamine groups is 1. The lowest BCUT2D eigenvalue weighted by Gasteiger charge is -2.17. The van der Waals surface area contributed by atoms with Crippen molar-refractivity contribution in [1.82, 2.24) is 14.6 Å². The highest BCUT2D eigenvalue weighted by Crippen LogP contribution is 2.21. The molecule has 1 atom stereocenters. The first-order valence-electron chi connectivity index (χ1n) is 9.71. The highest BCUT2D eigenvalue weighted by Gasteiger charge is 2.23. The Morgan fingerprint density at radius 3 is 2.45 bits per heavy atom. The van der Waals surface area contributed by atoms with E-state index in [2.05, 4.69) is 5.32 Å². The number of carbonyl (C=O) groups excluding carboxylic acids is 1. The molecule has 11 heteroatoms. The van der Waals surface area contributed by atoms with Crippen LogP contribution in [0.1, 0.15) is 36.2 Å². The van der Waals surface area contributed by atoms with Crippen molar-refractivity contribution in [2.24, 2.45) is 14.1 Å². The average Bonchev–Trinajstić information content (AvgIpc) is 2.73. The first-order chi connectivity index (χ1) is 14.7. The van der Waals surface area contributed by atoms with Gasteiger partial charge in [0.1, 0.15) is 23.8 Å². The van der Waals surface area contributed by atoms with Crippen LogP contribution in [-0.4, -0.2) is 44.6 Å². The van der Waals surface area contributed by atoms with Crippen molar-refractivity contribution in [2.45, 2.75) is 33.3 Å². The normalized spacial score (nSPS) is 11.4. The Kier molecular flexibility index (Phi) is 10.1. The number of nitrogens with zero attached hydrogens (tertiary/aromatic N) is 2. The lowest BCUT2D eigenvalue weighted by Crippen LogP contribution is -2.43. The van der Waals surface area contributed by atoms with Gasteiger partial charge < -0.3 is 15.5 Å². The fourth-order valence-electron chi connectivity index (χ4n) is 2.53. The minimum absolute atomic E-state index is 0.0350. The zero-order valence-corrected chi connectivity index (χ0v) is 18.2. The number of benzene rings is 1. The van der Waals surface area contributed by atoms with Gasteiger partial charge in [-0.3, -0.25) is 23.6 Å². The van der Waals surface area contributed by atoms with Gasteiger partial charge in [0.25, 0.3) is 11.5 Å². The molecule has 0 aliphatic rings. The number of anilines is 2. The van der Waals surface area contributed by atoms with E-state index in [1.54, 1.807) is 13.0 Å². The van der Waals surface area contributed by atoms with Gasteiger partial charge in [0.2, 0.25) is 0 Å². The molecule has 0 fully saturated rings. The average molecular weight is 440 g/mol. The number of aliphatic hydroxyl groups is 2. The first kappa shape index (κ1) is 26.0. The standard InChI is InChI=1S/C18H23FN4O6.C2H6/c1-10-4-5-13(12(19)8-10)20-15-14(17(27)23(3)18(28)22(15)2)16(26)21-29-9-11(25)6-7-24;1-2/h4-5,8,11,20,24-25H,6-7,9H2,1-3H3,(H,21,26);1-2H3/t11-;/m1./s1. The number of hydrogen-bond donors (Lipinski definition) is 4. The van der Waals surface area contributed by atoms with Gasteiger partial charge in [-0.25, -0.2) is 14.7 Å². The number of carbonyl (C=O) groups is 1. The van der Waals surface area contributed by atoms with Crippen LogP contribution in [0, 0.1) is 12.7 Å². The van der Waals surface area contributed by atoms with Crippen molar-refractivity contribution >= 4 is 17.4 Å². The molecule has 0 aliphatic heterocycles. The van der Waals surface area contributed by atoms with Crippen LogP contribution in [0.15, 0.2) is 27.8 Å². The van der Waals surface area contributed by atoms with Gasteiger partial charge in [0, 0.05) is 20.7 Å². The molecule has 10 nitrogen and oxygen atoms in total. The maximum Gasteiger partial charge on any atom is 0.332 e. The molecule has 0 aliphatic carbocycles. The van der Waals surface area contributed by atoms with Crippen LogP contribution in [0.3, 0.4) is 0 Å². The molecule has 31 heavy (non-hydrogen) atoms. The molecule has 1 heterocycles. The van der Waals surface area contributed by atoms with Gasteiger partial charge >= 0.3 is 5.69 Å². The van der Waals surface area contributed by atoms with E-state index in [9.17, 15) is 23.9 Å². The Morgan fingerprint density at radius 2 is 1.87 bits per heavy atom. The van der Waals surface area contributed by atoms with Gasteiger partial charge in [0.05, 0.1) is 11.8 Å². The Labute approximate surface area is 178 Å². The molecule has 1 aromatic carbocycles. The third-order valence-corrected chi connectivity index (χ3v) is 4.17. The van der Waals surface area contributed by atoms with Crippen LogP contribution in [0.25, 0.3) is 0 Å². The van der Waals surface area contributed by atoms with Gasteiger partial charge in [0.15, 0.2) is 0 Å². The number of aromatic nitrogens is 2. The van der Waals surface area contributed by atoms with Crippen molar-refractivity contribution in [3.05, 3.63) is 56.0 Å². The summed E-state index contributed by atoms with van der Waals surface area (Å²) >= 11 is 0. The molecule has 0 radical (unpaired) electrons. The zero-order valence-electron chi connectivity index (χ0n) is 18.2. The molecular weight excluding hydrogens is 411 g/mol. The Morgan fingerprint density at radius 1 is 1.23 bits per heavy atom. The molecule has 2 aromatic rings.